The minimum Gasteiger partial charge on any atom is -0.352 e. The van der Waals surface area contributed by atoms with Gasteiger partial charge in [-0.1, -0.05) is 75.6 Å². The van der Waals surface area contributed by atoms with Gasteiger partial charge in [0.05, 0.1) is 11.9 Å². The Morgan fingerprint density at radius 2 is 1.59 bits per heavy atom. The van der Waals surface area contributed by atoms with E-state index in [1.807, 2.05) is 50.2 Å². The van der Waals surface area contributed by atoms with Gasteiger partial charge in [-0.05, 0) is 55.4 Å². The number of carbonyl (C=O) groups excluding carboxylic acids is 2. The molecule has 0 aromatic heterocycles. The lowest BCUT2D eigenvalue weighted by atomic mass is 10.0. The van der Waals surface area contributed by atoms with Crippen LogP contribution in [0.25, 0.3) is 0 Å². The number of rotatable bonds is 11. The van der Waals surface area contributed by atoms with Crippen LogP contribution in [0, 0.1) is 6.92 Å². The quantitative estimate of drug-likeness (QED) is 0.457. The summed E-state index contributed by atoms with van der Waals surface area (Å²) in [5, 5.41) is 3.13. The lowest BCUT2D eigenvalue weighted by Gasteiger charge is -2.33. The molecule has 0 heterocycles. The van der Waals surface area contributed by atoms with E-state index >= 15 is 0 Å². The van der Waals surface area contributed by atoms with Crippen LogP contribution >= 0.6 is 0 Å². The average molecular weight is 528 g/mol. The molecule has 202 valence electrons. The summed E-state index contributed by atoms with van der Waals surface area (Å²) in [6.07, 6.45) is 5.60. The van der Waals surface area contributed by atoms with Crippen LogP contribution in [0.5, 0.6) is 0 Å². The van der Waals surface area contributed by atoms with Gasteiger partial charge in [-0.15, -0.1) is 0 Å². The molecule has 1 aliphatic rings. The number of hydrogen-bond acceptors (Lipinski definition) is 4. The van der Waals surface area contributed by atoms with Gasteiger partial charge in [0.25, 0.3) is 0 Å². The number of amides is 2. The van der Waals surface area contributed by atoms with Crippen LogP contribution in [-0.4, -0.2) is 50.0 Å². The topological polar surface area (TPSA) is 86.8 Å². The number of benzene rings is 2. The summed E-state index contributed by atoms with van der Waals surface area (Å²) < 4.78 is 26.7. The zero-order valence-electron chi connectivity index (χ0n) is 22.7. The van der Waals surface area contributed by atoms with Gasteiger partial charge in [0.1, 0.15) is 12.6 Å². The van der Waals surface area contributed by atoms with E-state index in [-0.39, 0.29) is 25.0 Å². The highest BCUT2D eigenvalue weighted by atomic mass is 32.2. The van der Waals surface area contributed by atoms with E-state index in [0.717, 1.165) is 52.9 Å². The maximum absolute atomic E-state index is 13.8. The third-order valence-electron chi connectivity index (χ3n) is 7.09. The molecule has 0 radical (unpaired) electrons. The van der Waals surface area contributed by atoms with Gasteiger partial charge in [0, 0.05) is 12.6 Å². The summed E-state index contributed by atoms with van der Waals surface area (Å²) in [7, 11) is -3.74. The molecule has 2 aromatic carbocycles. The predicted octanol–water partition coefficient (Wildman–Crippen LogP) is 4.75. The summed E-state index contributed by atoms with van der Waals surface area (Å²) >= 11 is 0. The summed E-state index contributed by atoms with van der Waals surface area (Å²) in [6, 6.07) is 14.5. The van der Waals surface area contributed by atoms with Crippen molar-refractivity contribution < 1.29 is 18.0 Å². The zero-order chi connectivity index (χ0) is 27.2. The Hall–Kier alpha value is -2.87. The first-order chi connectivity index (χ1) is 17.5. The van der Waals surface area contributed by atoms with E-state index in [0.29, 0.717) is 18.0 Å². The van der Waals surface area contributed by atoms with Gasteiger partial charge in [0.15, 0.2) is 0 Å². The Balaban J connectivity index is 1.90. The van der Waals surface area contributed by atoms with Crippen LogP contribution in [0.3, 0.4) is 0 Å². The van der Waals surface area contributed by atoms with E-state index < -0.39 is 22.0 Å². The van der Waals surface area contributed by atoms with Crippen LogP contribution in [0.4, 0.5) is 5.69 Å². The van der Waals surface area contributed by atoms with Gasteiger partial charge in [-0.25, -0.2) is 8.42 Å². The first-order valence-electron chi connectivity index (χ1n) is 13.2. The minimum absolute atomic E-state index is 0.130. The Morgan fingerprint density at radius 3 is 2.11 bits per heavy atom. The normalized spacial score (nSPS) is 15.0. The number of sulfonamides is 1. The fraction of sp³-hybridized carbons (Fsp3) is 0.517. The molecule has 0 spiro atoms. The van der Waals surface area contributed by atoms with Crippen LogP contribution in [0.15, 0.2) is 48.5 Å². The van der Waals surface area contributed by atoms with Crippen molar-refractivity contribution in [2.24, 2.45) is 0 Å². The number of carbonyl (C=O) groups is 2. The van der Waals surface area contributed by atoms with Crippen molar-refractivity contribution in [3.05, 3.63) is 65.2 Å². The first kappa shape index (κ1) is 28.7. The molecule has 8 heteroatoms. The number of aryl methyl sites for hydroxylation is 1. The summed E-state index contributed by atoms with van der Waals surface area (Å²) in [5.74, 6) is -0.287. The highest BCUT2D eigenvalue weighted by molar-refractivity contribution is 7.92. The monoisotopic (exact) mass is 527 g/mol. The lowest BCUT2D eigenvalue weighted by molar-refractivity contribution is -0.140. The summed E-state index contributed by atoms with van der Waals surface area (Å²) in [4.78, 5) is 28.7. The SMILES string of the molecule is CCC(C(=O)NC1CCCC1)N(Cc1ccc(C)cc1)C(=O)CN(c1ccc(C(C)C)cc1)S(C)(=O)=O. The highest BCUT2D eigenvalue weighted by Gasteiger charge is 2.33. The summed E-state index contributed by atoms with van der Waals surface area (Å²) in [6.45, 7) is 7.85. The molecule has 2 aromatic rings. The first-order valence-corrected chi connectivity index (χ1v) is 15.1. The van der Waals surface area contributed by atoms with E-state index in [2.05, 4.69) is 19.2 Å². The van der Waals surface area contributed by atoms with E-state index in [1.165, 1.54) is 4.90 Å². The van der Waals surface area contributed by atoms with Crippen molar-refractivity contribution in [2.75, 3.05) is 17.1 Å². The van der Waals surface area contributed by atoms with Crippen molar-refractivity contribution in [2.45, 2.75) is 84.3 Å². The molecule has 1 N–H and O–H groups in total. The second-order valence-corrected chi connectivity index (χ2v) is 12.3. The van der Waals surface area contributed by atoms with Crippen molar-refractivity contribution in [3.8, 4) is 0 Å². The molecule has 1 atom stereocenters. The number of nitrogens with zero attached hydrogens (tertiary/aromatic N) is 2. The van der Waals surface area contributed by atoms with Crippen molar-refractivity contribution in [1.29, 1.82) is 0 Å². The molecule has 3 rings (SSSR count). The van der Waals surface area contributed by atoms with Crippen LogP contribution < -0.4 is 9.62 Å². The second kappa shape index (κ2) is 12.6. The number of nitrogens with one attached hydrogen (secondary N) is 1. The molecule has 7 nitrogen and oxygen atoms in total. The van der Waals surface area contributed by atoms with E-state index in [9.17, 15) is 18.0 Å². The molecule has 1 unspecified atom stereocenters. The van der Waals surface area contributed by atoms with E-state index in [4.69, 9.17) is 0 Å². The van der Waals surface area contributed by atoms with Gasteiger partial charge >= 0.3 is 0 Å². The maximum Gasteiger partial charge on any atom is 0.244 e. The third-order valence-corrected chi connectivity index (χ3v) is 8.23. The largest absolute Gasteiger partial charge is 0.352 e. The Bertz CT molecular complexity index is 1150. The van der Waals surface area contributed by atoms with Crippen molar-refractivity contribution in [1.82, 2.24) is 10.2 Å². The minimum atomic E-state index is -3.74. The number of hydrogen-bond donors (Lipinski definition) is 1. The van der Waals surface area contributed by atoms with Gasteiger partial charge in [-0.3, -0.25) is 13.9 Å². The van der Waals surface area contributed by atoms with Crippen LogP contribution in [0.2, 0.25) is 0 Å². The smallest absolute Gasteiger partial charge is 0.244 e. The molecule has 1 aliphatic carbocycles. The highest BCUT2D eigenvalue weighted by Crippen LogP contribution is 2.24. The molecule has 0 aliphatic heterocycles. The molecule has 2 amide bonds. The predicted molar refractivity (Wildman–Crippen MR) is 149 cm³/mol. The fourth-order valence-corrected chi connectivity index (χ4v) is 5.67. The molecule has 1 fully saturated rings. The van der Waals surface area contributed by atoms with E-state index in [1.54, 1.807) is 12.1 Å². The fourth-order valence-electron chi connectivity index (χ4n) is 4.82. The Kier molecular flexibility index (Phi) is 9.76. The maximum atomic E-state index is 13.8. The summed E-state index contributed by atoms with van der Waals surface area (Å²) in [5.41, 5.74) is 3.50. The Morgan fingerprint density at radius 1 is 1.00 bits per heavy atom. The van der Waals surface area contributed by atoms with Crippen molar-refractivity contribution in [3.63, 3.8) is 0 Å². The van der Waals surface area contributed by atoms with Crippen LogP contribution in [0.1, 0.15) is 75.5 Å². The molecular formula is C29H41N3O4S. The Labute approximate surface area is 222 Å². The lowest BCUT2D eigenvalue weighted by Crippen LogP contribution is -2.53. The van der Waals surface area contributed by atoms with Crippen molar-refractivity contribution >= 4 is 27.5 Å². The van der Waals surface area contributed by atoms with Gasteiger partial charge in [0.2, 0.25) is 21.8 Å². The van der Waals surface area contributed by atoms with Crippen LogP contribution in [-0.2, 0) is 26.2 Å². The van der Waals surface area contributed by atoms with Gasteiger partial charge < -0.3 is 10.2 Å². The molecular weight excluding hydrogens is 486 g/mol. The standard InChI is InChI=1S/C29H41N3O4S/c1-6-27(29(34)30-25-9-7-8-10-25)31(19-23-13-11-22(4)12-14-23)28(33)20-32(37(5,35)36)26-17-15-24(16-18-26)21(2)3/h11-18,21,25,27H,6-10,19-20H2,1-5H3,(H,30,34). The molecule has 37 heavy (non-hydrogen) atoms. The molecule has 1 saturated carbocycles. The molecule has 0 bridgehead atoms. The second-order valence-electron chi connectivity index (χ2n) is 10.4. The zero-order valence-corrected chi connectivity index (χ0v) is 23.6. The van der Waals surface area contributed by atoms with Gasteiger partial charge in [-0.2, -0.15) is 0 Å². The number of anilines is 1. The average Bonchev–Trinajstić information content (AvgIpc) is 3.36. The third kappa shape index (κ3) is 7.81. The molecule has 0 saturated heterocycles.